The zero-order chi connectivity index (χ0) is 23.2. The van der Waals surface area contributed by atoms with Gasteiger partial charge in [-0.15, -0.1) is 0 Å². The van der Waals surface area contributed by atoms with Gasteiger partial charge in [0.2, 0.25) is 6.29 Å². The molecule has 1 saturated heterocycles. The maximum Gasteiger partial charge on any atom is 0.229 e. The second kappa shape index (κ2) is 8.62. The van der Waals surface area contributed by atoms with Gasteiger partial charge in [0.1, 0.15) is 47.8 Å². The molecule has 2 aliphatic rings. The van der Waals surface area contributed by atoms with Crippen LogP contribution in [0, 0.1) is 0 Å². The number of hydrogen-bond acceptors (Lipinski definition) is 11. The highest BCUT2D eigenvalue weighted by Crippen LogP contribution is 2.43. The molecule has 0 radical (unpaired) electrons. The number of rotatable bonds is 4. The van der Waals surface area contributed by atoms with Crippen LogP contribution in [0.2, 0.25) is 0 Å². The molecule has 11 nitrogen and oxygen atoms in total. The minimum Gasteiger partial charge on any atom is -0.508 e. The molecule has 0 aromatic heterocycles. The number of aliphatic hydroxyl groups is 5. The van der Waals surface area contributed by atoms with E-state index in [1.807, 2.05) is 0 Å². The predicted octanol–water partition coefficient (Wildman–Crippen LogP) is -0.981. The van der Waals surface area contributed by atoms with Gasteiger partial charge in [-0.1, -0.05) is 6.07 Å². The lowest BCUT2D eigenvalue weighted by Gasteiger charge is -2.39. The van der Waals surface area contributed by atoms with Crippen molar-refractivity contribution in [1.82, 2.24) is 0 Å². The van der Waals surface area contributed by atoms with E-state index < -0.39 is 49.5 Å². The van der Waals surface area contributed by atoms with Crippen molar-refractivity contribution in [3.8, 4) is 28.7 Å². The third kappa shape index (κ3) is 4.01. The van der Waals surface area contributed by atoms with E-state index in [-0.39, 0.29) is 35.2 Å². The molecule has 8 N–H and O–H groups in total. The molecule has 0 unspecified atom stereocenters. The van der Waals surface area contributed by atoms with Crippen molar-refractivity contribution >= 4 is 0 Å². The maximum absolute atomic E-state index is 10.6. The van der Waals surface area contributed by atoms with Gasteiger partial charge in [-0.3, -0.25) is 0 Å². The average molecular weight is 452 g/mol. The fraction of sp³-hybridized carbons (Fsp3) is 0.429. The van der Waals surface area contributed by atoms with Gasteiger partial charge in [0.05, 0.1) is 12.7 Å². The summed E-state index contributed by atoms with van der Waals surface area (Å²) < 4.78 is 16.6. The van der Waals surface area contributed by atoms with E-state index in [0.29, 0.717) is 11.1 Å². The maximum atomic E-state index is 10.6. The number of hydrogen-bond donors (Lipinski definition) is 8. The van der Waals surface area contributed by atoms with Crippen LogP contribution in [0.5, 0.6) is 28.7 Å². The molecular formula is C21H24O11. The van der Waals surface area contributed by atoms with E-state index in [2.05, 4.69) is 0 Å². The smallest absolute Gasteiger partial charge is 0.229 e. The predicted molar refractivity (Wildman–Crippen MR) is 105 cm³/mol. The molecule has 0 bridgehead atoms. The lowest BCUT2D eigenvalue weighted by Crippen LogP contribution is -2.60. The summed E-state index contributed by atoms with van der Waals surface area (Å²) in [5.41, 5.74) is 0.700. The molecule has 0 spiro atoms. The van der Waals surface area contributed by atoms with Gasteiger partial charge in [0.15, 0.2) is 11.5 Å². The van der Waals surface area contributed by atoms with Crippen molar-refractivity contribution in [2.45, 2.75) is 49.3 Å². The summed E-state index contributed by atoms with van der Waals surface area (Å²) in [5, 5.41) is 79.7. The molecule has 174 valence electrons. The first-order valence-corrected chi connectivity index (χ1v) is 9.89. The van der Waals surface area contributed by atoms with Gasteiger partial charge >= 0.3 is 0 Å². The van der Waals surface area contributed by atoms with Crippen LogP contribution in [-0.2, 0) is 11.2 Å². The quantitative estimate of drug-likeness (QED) is 0.285. The van der Waals surface area contributed by atoms with Crippen molar-refractivity contribution in [3.63, 3.8) is 0 Å². The summed E-state index contributed by atoms with van der Waals surface area (Å²) in [5.74, 6) is -0.759. The SMILES string of the molecule is OC[C@@H]1O[C@H](Oc2cc([C@H]3Oc4cc(O)cc(O)c4C[C@@H]3O)ccc2O)[C@@H](O)[C@@H](O)[C@H]1O. The monoisotopic (exact) mass is 452 g/mol. The molecule has 0 saturated carbocycles. The molecular weight excluding hydrogens is 428 g/mol. The van der Waals surface area contributed by atoms with Gasteiger partial charge in [-0.05, 0) is 17.7 Å². The molecule has 32 heavy (non-hydrogen) atoms. The summed E-state index contributed by atoms with van der Waals surface area (Å²) in [7, 11) is 0. The number of phenolic OH excluding ortho intramolecular Hbond substituents is 3. The average Bonchev–Trinajstić information content (AvgIpc) is 2.75. The van der Waals surface area contributed by atoms with Crippen molar-refractivity contribution in [3.05, 3.63) is 41.5 Å². The lowest BCUT2D eigenvalue weighted by molar-refractivity contribution is -0.277. The Morgan fingerprint density at radius 2 is 1.66 bits per heavy atom. The first-order valence-electron chi connectivity index (χ1n) is 9.89. The summed E-state index contributed by atoms with van der Waals surface area (Å²) in [6.45, 7) is -0.641. The number of fused-ring (bicyclic) bond motifs is 1. The largest absolute Gasteiger partial charge is 0.508 e. The number of phenols is 3. The zero-order valence-electron chi connectivity index (χ0n) is 16.6. The molecule has 7 atom stereocenters. The van der Waals surface area contributed by atoms with Crippen LogP contribution in [0.4, 0.5) is 0 Å². The van der Waals surface area contributed by atoms with Crippen LogP contribution < -0.4 is 9.47 Å². The molecule has 11 heteroatoms. The van der Waals surface area contributed by atoms with E-state index in [0.717, 1.165) is 6.07 Å². The third-order valence-corrected chi connectivity index (χ3v) is 5.59. The normalized spacial score (nSPS) is 32.1. The van der Waals surface area contributed by atoms with Crippen molar-refractivity contribution in [1.29, 1.82) is 0 Å². The van der Waals surface area contributed by atoms with E-state index in [4.69, 9.17) is 14.2 Å². The van der Waals surface area contributed by atoms with Crippen LogP contribution in [0.1, 0.15) is 17.2 Å². The Kier molecular flexibility index (Phi) is 6.03. The van der Waals surface area contributed by atoms with Gasteiger partial charge < -0.3 is 55.1 Å². The number of ether oxygens (including phenoxy) is 3. The minimum atomic E-state index is -1.68. The highest BCUT2D eigenvalue weighted by atomic mass is 16.7. The summed E-state index contributed by atoms with van der Waals surface area (Å²) in [6, 6.07) is 6.51. The minimum absolute atomic E-state index is 0.0376. The Hall–Kier alpha value is -2.80. The molecule has 2 aliphatic heterocycles. The number of aliphatic hydroxyl groups excluding tert-OH is 5. The van der Waals surface area contributed by atoms with E-state index >= 15 is 0 Å². The first-order chi connectivity index (χ1) is 15.2. The lowest BCUT2D eigenvalue weighted by atomic mass is 9.94. The van der Waals surface area contributed by atoms with Gasteiger partial charge in [0, 0.05) is 24.1 Å². The Bertz CT molecular complexity index is 978. The molecule has 0 amide bonds. The van der Waals surface area contributed by atoms with E-state index in [1.54, 1.807) is 0 Å². The Balaban J connectivity index is 1.59. The number of aromatic hydroxyl groups is 3. The zero-order valence-corrected chi connectivity index (χ0v) is 16.6. The molecule has 4 rings (SSSR count). The van der Waals surface area contributed by atoms with Crippen molar-refractivity contribution in [2.24, 2.45) is 0 Å². The Labute approximate surface area is 181 Å². The molecule has 2 heterocycles. The summed E-state index contributed by atoms with van der Waals surface area (Å²) in [4.78, 5) is 0. The summed E-state index contributed by atoms with van der Waals surface area (Å²) >= 11 is 0. The summed E-state index contributed by atoms with van der Waals surface area (Å²) in [6.07, 6.45) is -9.59. The van der Waals surface area contributed by atoms with E-state index in [1.165, 1.54) is 24.3 Å². The van der Waals surface area contributed by atoms with Crippen LogP contribution in [0.25, 0.3) is 0 Å². The van der Waals surface area contributed by atoms with Gasteiger partial charge in [0.25, 0.3) is 0 Å². The third-order valence-electron chi connectivity index (χ3n) is 5.59. The molecule has 2 aromatic carbocycles. The topological polar surface area (TPSA) is 190 Å². The molecule has 2 aromatic rings. The van der Waals surface area contributed by atoms with Crippen LogP contribution in [0.15, 0.2) is 30.3 Å². The Morgan fingerprint density at radius 3 is 2.38 bits per heavy atom. The van der Waals surface area contributed by atoms with Crippen LogP contribution in [-0.4, -0.2) is 84.3 Å². The fourth-order valence-corrected chi connectivity index (χ4v) is 3.84. The van der Waals surface area contributed by atoms with Crippen LogP contribution in [0.3, 0.4) is 0 Å². The van der Waals surface area contributed by atoms with Crippen molar-refractivity contribution < 1.29 is 55.1 Å². The first kappa shape index (κ1) is 22.4. The van der Waals surface area contributed by atoms with Gasteiger partial charge in [-0.2, -0.15) is 0 Å². The second-order valence-electron chi connectivity index (χ2n) is 7.79. The fourth-order valence-electron chi connectivity index (χ4n) is 3.84. The van der Waals surface area contributed by atoms with Crippen molar-refractivity contribution in [2.75, 3.05) is 6.61 Å². The standard InChI is InChI=1S/C21H24O11/c22-7-16-17(27)18(28)19(29)21(32-16)31-15-3-8(1-2-11(15)24)20-13(26)6-10-12(25)4-9(23)5-14(10)30-20/h1-5,13,16-29H,6-7H2/t13-,16-,17-,18-,19-,20+,21-/m0/s1. The molecule has 0 aliphatic carbocycles. The Morgan fingerprint density at radius 1 is 0.906 bits per heavy atom. The highest BCUT2D eigenvalue weighted by Gasteiger charge is 2.45. The number of benzene rings is 2. The highest BCUT2D eigenvalue weighted by molar-refractivity contribution is 5.52. The molecule has 1 fully saturated rings. The second-order valence-corrected chi connectivity index (χ2v) is 7.79. The van der Waals surface area contributed by atoms with E-state index in [9.17, 15) is 40.9 Å². The van der Waals surface area contributed by atoms with Crippen LogP contribution >= 0.6 is 0 Å². The van der Waals surface area contributed by atoms with Gasteiger partial charge in [-0.25, -0.2) is 0 Å².